The molecule has 220 valence electrons. The van der Waals surface area contributed by atoms with E-state index in [-0.39, 0.29) is 14.5 Å². The number of benzene rings is 7. The Morgan fingerprint density at radius 2 is 0.787 bits per heavy atom. The maximum atomic E-state index is 5.07. The molecule has 0 saturated heterocycles. The molecule has 0 amide bonds. The molecule has 2 heterocycles. The van der Waals surface area contributed by atoms with Gasteiger partial charge in [0.1, 0.15) is 0 Å². The van der Waals surface area contributed by atoms with E-state index in [9.17, 15) is 0 Å². The standard InChI is InChI=1S/C43H27N3Se/c1-4-12-28(13-5-1)31-22-23-33-27-34(25-24-32(33)26-31)35-18-10-19-36-37-20-11-21-38(40(37)47-39(35)36)43-45-41(29-14-6-2-7-15-29)44-42(46-43)30-16-8-3-9-17-30/h1-27H. The van der Waals surface area contributed by atoms with Gasteiger partial charge in [0.2, 0.25) is 0 Å². The van der Waals surface area contributed by atoms with Gasteiger partial charge in [-0.1, -0.05) is 0 Å². The van der Waals surface area contributed by atoms with E-state index in [1.54, 1.807) is 0 Å². The van der Waals surface area contributed by atoms with Crippen LogP contribution in [0.5, 0.6) is 0 Å². The minimum atomic E-state index is 0.0659. The molecule has 47 heavy (non-hydrogen) atoms. The van der Waals surface area contributed by atoms with Gasteiger partial charge in [0.25, 0.3) is 0 Å². The second-order valence-corrected chi connectivity index (χ2v) is 13.8. The summed E-state index contributed by atoms with van der Waals surface area (Å²) >= 11 is 0.0659. The van der Waals surface area contributed by atoms with E-state index in [1.165, 1.54) is 52.3 Å². The second-order valence-electron chi connectivity index (χ2n) is 11.6. The first-order valence-corrected chi connectivity index (χ1v) is 17.4. The van der Waals surface area contributed by atoms with Crippen LogP contribution >= 0.6 is 0 Å². The summed E-state index contributed by atoms with van der Waals surface area (Å²) < 4.78 is 2.73. The van der Waals surface area contributed by atoms with Crippen molar-refractivity contribution in [3.8, 4) is 56.4 Å². The Labute approximate surface area is 278 Å². The third kappa shape index (κ3) is 5.05. The predicted octanol–water partition coefficient (Wildman–Crippen LogP) is 10.7. The van der Waals surface area contributed by atoms with Crippen molar-refractivity contribution < 1.29 is 0 Å². The van der Waals surface area contributed by atoms with Gasteiger partial charge in [-0.25, -0.2) is 0 Å². The number of fused-ring (bicyclic) bond motifs is 4. The molecule has 0 N–H and O–H groups in total. The summed E-state index contributed by atoms with van der Waals surface area (Å²) in [5, 5.41) is 5.07. The number of nitrogens with zero attached hydrogens (tertiary/aromatic N) is 3. The van der Waals surface area contributed by atoms with Crippen LogP contribution in [0.25, 0.3) is 86.5 Å². The Morgan fingerprint density at radius 1 is 0.319 bits per heavy atom. The van der Waals surface area contributed by atoms with Gasteiger partial charge in [0, 0.05) is 0 Å². The molecule has 0 radical (unpaired) electrons. The van der Waals surface area contributed by atoms with Gasteiger partial charge in [0.15, 0.2) is 0 Å². The average Bonchev–Trinajstić information content (AvgIpc) is 3.54. The molecule has 0 aliphatic rings. The van der Waals surface area contributed by atoms with Crippen molar-refractivity contribution in [3.63, 3.8) is 0 Å². The predicted molar refractivity (Wildman–Crippen MR) is 196 cm³/mol. The Balaban J connectivity index is 1.19. The number of hydrogen-bond acceptors (Lipinski definition) is 3. The molecule has 0 aliphatic carbocycles. The molecule has 0 aliphatic heterocycles. The Morgan fingerprint density at radius 3 is 1.38 bits per heavy atom. The van der Waals surface area contributed by atoms with Crippen LogP contribution in [0.15, 0.2) is 164 Å². The van der Waals surface area contributed by atoms with Gasteiger partial charge in [-0.2, -0.15) is 0 Å². The van der Waals surface area contributed by atoms with Crippen molar-refractivity contribution in [2.75, 3.05) is 0 Å². The molecule has 7 aromatic carbocycles. The molecule has 9 rings (SSSR count). The van der Waals surface area contributed by atoms with Crippen LogP contribution in [-0.4, -0.2) is 29.5 Å². The first-order valence-electron chi connectivity index (χ1n) is 15.7. The first kappa shape index (κ1) is 27.6. The summed E-state index contributed by atoms with van der Waals surface area (Å²) in [4.78, 5) is 15.1. The zero-order valence-electron chi connectivity index (χ0n) is 25.3. The molecule has 0 fully saturated rings. The van der Waals surface area contributed by atoms with E-state index in [2.05, 4.69) is 127 Å². The summed E-state index contributed by atoms with van der Waals surface area (Å²) in [6.07, 6.45) is 0. The van der Waals surface area contributed by atoms with Gasteiger partial charge >= 0.3 is 280 Å². The molecule has 0 unspecified atom stereocenters. The Hall–Kier alpha value is -5.67. The van der Waals surface area contributed by atoms with E-state index in [0.717, 1.165) is 16.7 Å². The van der Waals surface area contributed by atoms with Gasteiger partial charge in [-0.05, 0) is 0 Å². The molecular formula is C43H27N3Se. The summed E-state index contributed by atoms with van der Waals surface area (Å²) in [6.45, 7) is 0. The fourth-order valence-electron chi connectivity index (χ4n) is 6.38. The SMILES string of the molecule is c1ccc(-c2ccc3cc(-c4cccc5c4[se]c4c(-c6nc(-c7ccccc7)nc(-c7ccccc7)n6)cccc45)ccc3c2)cc1. The van der Waals surface area contributed by atoms with Gasteiger partial charge in [-0.15, -0.1) is 0 Å². The fraction of sp³-hybridized carbons (Fsp3) is 0. The molecular weight excluding hydrogens is 637 g/mol. The van der Waals surface area contributed by atoms with Crippen molar-refractivity contribution in [3.05, 3.63) is 164 Å². The van der Waals surface area contributed by atoms with Crippen LogP contribution in [0.2, 0.25) is 0 Å². The summed E-state index contributed by atoms with van der Waals surface area (Å²) in [7, 11) is 0. The van der Waals surface area contributed by atoms with Crippen LogP contribution in [0.4, 0.5) is 0 Å². The normalized spacial score (nSPS) is 11.4. The van der Waals surface area contributed by atoms with Crippen molar-refractivity contribution >= 4 is 44.6 Å². The molecule has 3 nitrogen and oxygen atoms in total. The van der Waals surface area contributed by atoms with E-state index >= 15 is 0 Å². The molecule has 0 spiro atoms. The van der Waals surface area contributed by atoms with Crippen molar-refractivity contribution in [1.82, 2.24) is 15.0 Å². The average molecular weight is 665 g/mol. The number of aromatic nitrogens is 3. The monoisotopic (exact) mass is 665 g/mol. The van der Waals surface area contributed by atoms with Crippen molar-refractivity contribution in [2.45, 2.75) is 0 Å². The quantitative estimate of drug-likeness (QED) is 0.172. The maximum absolute atomic E-state index is 5.07. The molecule has 0 bridgehead atoms. The third-order valence-corrected chi connectivity index (χ3v) is 11.4. The van der Waals surface area contributed by atoms with Crippen molar-refractivity contribution in [1.29, 1.82) is 0 Å². The molecule has 4 heteroatoms. The van der Waals surface area contributed by atoms with Gasteiger partial charge in [-0.3, -0.25) is 0 Å². The first-order chi connectivity index (χ1) is 23.3. The molecule has 9 aromatic rings. The molecule has 0 saturated carbocycles. The molecule has 0 atom stereocenters. The summed E-state index contributed by atoms with van der Waals surface area (Å²) in [6, 6.07) is 57.9. The second kappa shape index (κ2) is 11.6. The zero-order valence-corrected chi connectivity index (χ0v) is 27.1. The van der Waals surface area contributed by atoms with Crippen LogP contribution in [0.1, 0.15) is 0 Å². The summed E-state index contributed by atoms with van der Waals surface area (Å²) in [5.74, 6) is 2.08. The Kier molecular flexibility index (Phi) is 6.82. The van der Waals surface area contributed by atoms with Gasteiger partial charge < -0.3 is 0 Å². The van der Waals surface area contributed by atoms with Crippen molar-refractivity contribution in [2.24, 2.45) is 0 Å². The molecule has 2 aromatic heterocycles. The van der Waals surface area contributed by atoms with Crippen LogP contribution in [0.3, 0.4) is 0 Å². The third-order valence-electron chi connectivity index (χ3n) is 8.72. The number of rotatable bonds is 5. The van der Waals surface area contributed by atoms with E-state index in [0.29, 0.717) is 17.5 Å². The van der Waals surface area contributed by atoms with Crippen LogP contribution in [0, 0.1) is 0 Å². The summed E-state index contributed by atoms with van der Waals surface area (Å²) in [5.41, 5.74) is 8.05. The van der Waals surface area contributed by atoms with Crippen LogP contribution in [-0.2, 0) is 0 Å². The van der Waals surface area contributed by atoms with Gasteiger partial charge in [0.05, 0.1) is 0 Å². The number of hydrogen-bond donors (Lipinski definition) is 0. The minimum absolute atomic E-state index is 0.0659. The fourth-order valence-corrected chi connectivity index (χ4v) is 9.20. The van der Waals surface area contributed by atoms with E-state index in [1.807, 2.05) is 36.4 Å². The van der Waals surface area contributed by atoms with Crippen LogP contribution < -0.4 is 0 Å². The Bertz CT molecular complexity index is 2500. The van der Waals surface area contributed by atoms with E-state index in [4.69, 9.17) is 15.0 Å². The van der Waals surface area contributed by atoms with E-state index < -0.39 is 0 Å². The topological polar surface area (TPSA) is 38.7 Å². The zero-order chi connectivity index (χ0) is 31.2.